The van der Waals surface area contributed by atoms with Gasteiger partial charge in [-0.25, -0.2) is 9.59 Å². The van der Waals surface area contributed by atoms with Crippen LogP contribution in [0.15, 0.2) is 47.0 Å². The van der Waals surface area contributed by atoms with Gasteiger partial charge < -0.3 is 98.8 Å². The molecule has 4 heterocycles. The number of allylic oxidation sites excluding steroid dienone is 2. The molecule has 1 saturated carbocycles. The summed E-state index contributed by atoms with van der Waals surface area (Å²) in [7, 11) is 1.11. The Hall–Kier alpha value is -4.12. The van der Waals surface area contributed by atoms with Gasteiger partial charge in [0.25, 0.3) is 0 Å². The molecule has 24 nitrogen and oxygen atoms in total. The van der Waals surface area contributed by atoms with E-state index in [-0.39, 0.29) is 35.3 Å². The van der Waals surface area contributed by atoms with Crippen LogP contribution in [-0.4, -0.2) is 200 Å². The smallest absolute Gasteiger partial charge is 0.337 e. The van der Waals surface area contributed by atoms with E-state index in [1.807, 2.05) is 0 Å². The minimum atomic E-state index is -1.82. The normalized spacial score (nSPS) is 39.0. The minimum Gasteiger partial charge on any atom is -0.478 e. The highest BCUT2D eigenvalue weighted by atomic mass is 16.8. The number of aliphatic hydroxyl groups excluding tert-OH is 10. The summed E-state index contributed by atoms with van der Waals surface area (Å²) in [5, 5.41) is 112. The standard InChI is InChI=1S/C43H62O24/c1-5-19-22(25(38(56)57)15-61-40(19)66-42-36(54)34(52)32(50)28(12-46)64-42)8-30(48)60-14-24-17(3)27(7-21(24)18(10-44)11-45)63-31(49)9-23-20(6-2)41(62-16-26(23)39(58)59-4)67-43-37(55)35(53)33(51)29(13-47)65-43/h5-6,15-18,21-24,27-29,32-37,40-47,50-55H,7-14H2,1-4H3,(H,56,57)/b19-5-,20-6-/t17-,21-,22+,23-,24+,27-,28+,29+,32+,33+,34-,35-,36+,37+,40-,41-,42-,43-/m0/s1. The van der Waals surface area contributed by atoms with Crippen LogP contribution in [0.5, 0.6) is 0 Å². The van der Waals surface area contributed by atoms with Gasteiger partial charge in [0.2, 0.25) is 12.6 Å². The molecular weight excluding hydrogens is 900 g/mol. The van der Waals surface area contributed by atoms with Crippen molar-refractivity contribution in [3.05, 3.63) is 47.0 Å². The van der Waals surface area contributed by atoms with Gasteiger partial charge in [-0.05, 0) is 32.1 Å². The number of hydrogen-bond donors (Lipinski definition) is 11. The number of esters is 3. The van der Waals surface area contributed by atoms with Gasteiger partial charge in [0.05, 0.1) is 63.4 Å². The van der Waals surface area contributed by atoms with Crippen molar-refractivity contribution in [2.24, 2.45) is 35.5 Å². The van der Waals surface area contributed by atoms with Gasteiger partial charge in [0.15, 0.2) is 12.6 Å². The summed E-state index contributed by atoms with van der Waals surface area (Å²) in [4.78, 5) is 52.7. The molecule has 2 saturated heterocycles. The molecule has 0 unspecified atom stereocenters. The van der Waals surface area contributed by atoms with Crippen LogP contribution in [0.4, 0.5) is 0 Å². The van der Waals surface area contributed by atoms with E-state index in [2.05, 4.69) is 0 Å². The highest BCUT2D eigenvalue weighted by Crippen LogP contribution is 2.45. The Morgan fingerprint density at radius 2 is 1.19 bits per heavy atom. The van der Waals surface area contributed by atoms with E-state index in [4.69, 9.17) is 42.6 Å². The number of ether oxygens (including phenoxy) is 9. The minimum absolute atomic E-state index is 0.0936. The van der Waals surface area contributed by atoms with E-state index >= 15 is 0 Å². The number of hydrogen-bond acceptors (Lipinski definition) is 23. The summed E-state index contributed by atoms with van der Waals surface area (Å²) in [6.45, 7) is 2.00. The zero-order valence-corrected chi connectivity index (χ0v) is 37.2. The molecular formula is C43H62O24. The number of methoxy groups -OCH3 is 1. The monoisotopic (exact) mass is 962 g/mol. The van der Waals surface area contributed by atoms with Crippen LogP contribution < -0.4 is 0 Å². The lowest BCUT2D eigenvalue weighted by Crippen LogP contribution is -2.60. The Bertz CT molecular complexity index is 1840. The lowest BCUT2D eigenvalue weighted by Gasteiger charge is -2.42. The van der Waals surface area contributed by atoms with Crippen molar-refractivity contribution in [3.63, 3.8) is 0 Å². The quantitative estimate of drug-likeness (QED) is 0.0362. The molecule has 378 valence electrons. The van der Waals surface area contributed by atoms with E-state index in [1.54, 1.807) is 13.8 Å². The van der Waals surface area contributed by atoms with Crippen molar-refractivity contribution in [3.8, 4) is 0 Å². The van der Waals surface area contributed by atoms with Gasteiger partial charge in [0, 0.05) is 48.0 Å². The molecule has 11 N–H and O–H groups in total. The number of carboxylic acids is 1. The third-order valence-corrected chi connectivity index (χ3v) is 13.1. The molecule has 4 aliphatic heterocycles. The number of carbonyl (C=O) groups is 4. The predicted molar refractivity (Wildman–Crippen MR) is 218 cm³/mol. The molecule has 3 fully saturated rings. The summed E-state index contributed by atoms with van der Waals surface area (Å²) in [6, 6.07) is 0. The second kappa shape index (κ2) is 23.9. The van der Waals surface area contributed by atoms with Crippen LogP contribution in [0.2, 0.25) is 0 Å². The lowest BCUT2D eigenvalue weighted by atomic mass is 9.82. The summed E-state index contributed by atoms with van der Waals surface area (Å²) in [5.74, 6) is -8.86. The molecule has 0 amide bonds. The zero-order valence-electron chi connectivity index (χ0n) is 37.2. The van der Waals surface area contributed by atoms with Crippen LogP contribution >= 0.6 is 0 Å². The zero-order chi connectivity index (χ0) is 49.4. The Morgan fingerprint density at radius 1 is 0.716 bits per heavy atom. The molecule has 0 spiro atoms. The van der Waals surface area contributed by atoms with Crippen LogP contribution in [0.1, 0.15) is 40.0 Å². The highest BCUT2D eigenvalue weighted by molar-refractivity contribution is 5.91. The number of carbonyl (C=O) groups excluding carboxylic acids is 3. The topological polar surface area (TPSA) is 374 Å². The van der Waals surface area contributed by atoms with Crippen LogP contribution in [0.25, 0.3) is 0 Å². The molecule has 5 rings (SSSR count). The van der Waals surface area contributed by atoms with Crippen molar-refractivity contribution in [2.75, 3.05) is 40.1 Å². The molecule has 0 aromatic heterocycles. The molecule has 0 radical (unpaired) electrons. The van der Waals surface area contributed by atoms with Crippen molar-refractivity contribution in [1.82, 2.24) is 0 Å². The first kappa shape index (κ1) is 53.8. The SMILES string of the molecule is C/C=C1\[C@H](O[C@@H]2O[C@H](CO)[C@@H](O)[C@H](O)[C@H]2O)OC=C(C(=O)OC)[C@H]1CC(=O)O[C@H]1C[C@@H](C(CO)CO)[C@H](COC(=O)C[C@H]2C(C(=O)O)=CO[C@@H](O[C@@H]3O[C@H](CO)[C@@H](O)[C@H](O)[C@H]3O)/C2=C\C)[C@@H]1C. The van der Waals surface area contributed by atoms with E-state index in [1.165, 1.54) is 19.1 Å². The number of rotatable bonds is 18. The second-order valence-electron chi connectivity index (χ2n) is 16.9. The second-order valence-corrected chi connectivity index (χ2v) is 16.9. The van der Waals surface area contributed by atoms with Gasteiger partial charge in [-0.15, -0.1) is 0 Å². The van der Waals surface area contributed by atoms with E-state index in [9.17, 15) is 75.3 Å². The first-order valence-electron chi connectivity index (χ1n) is 21.7. The van der Waals surface area contributed by atoms with Crippen molar-refractivity contribution in [2.45, 2.75) is 120 Å². The van der Waals surface area contributed by atoms with Crippen LogP contribution in [0, 0.1) is 35.5 Å². The summed E-state index contributed by atoms with van der Waals surface area (Å²) in [6.07, 6.45) is -16.5. The lowest BCUT2D eigenvalue weighted by molar-refractivity contribution is -0.327. The van der Waals surface area contributed by atoms with Gasteiger partial charge in [-0.2, -0.15) is 0 Å². The summed E-state index contributed by atoms with van der Waals surface area (Å²) in [5.41, 5.74) is -0.197. The third-order valence-electron chi connectivity index (χ3n) is 13.1. The number of aliphatic carboxylic acids is 1. The maximum atomic E-state index is 13.8. The van der Waals surface area contributed by atoms with Gasteiger partial charge in [0.1, 0.15) is 54.9 Å². The van der Waals surface area contributed by atoms with Crippen molar-refractivity contribution in [1.29, 1.82) is 0 Å². The van der Waals surface area contributed by atoms with Gasteiger partial charge in [-0.1, -0.05) is 19.1 Å². The van der Waals surface area contributed by atoms with Crippen LogP contribution in [-0.2, 0) is 61.8 Å². The Balaban J connectivity index is 1.28. The average Bonchev–Trinajstić information content (AvgIpc) is 3.61. The Labute approximate surface area is 384 Å². The molecule has 67 heavy (non-hydrogen) atoms. The fourth-order valence-electron chi connectivity index (χ4n) is 9.16. The van der Waals surface area contributed by atoms with Gasteiger partial charge >= 0.3 is 23.9 Å². The Kier molecular flexibility index (Phi) is 19.2. The third kappa shape index (κ3) is 11.8. The van der Waals surface area contributed by atoms with Gasteiger partial charge in [-0.3, -0.25) is 9.59 Å². The molecule has 0 aromatic carbocycles. The molecule has 24 heteroatoms. The maximum Gasteiger partial charge on any atom is 0.337 e. The largest absolute Gasteiger partial charge is 0.478 e. The van der Waals surface area contributed by atoms with Crippen molar-refractivity contribution >= 4 is 23.9 Å². The first-order chi connectivity index (χ1) is 31.9. The average molecular weight is 963 g/mol. The predicted octanol–water partition coefficient (Wildman–Crippen LogP) is -3.41. The maximum absolute atomic E-state index is 13.8. The summed E-state index contributed by atoms with van der Waals surface area (Å²) < 4.78 is 50.2. The fraction of sp³-hybridized carbons (Fsp3) is 0.721. The first-order valence-corrected chi connectivity index (χ1v) is 21.7. The highest BCUT2D eigenvalue weighted by Gasteiger charge is 2.50. The van der Waals surface area contributed by atoms with E-state index in [0.29, 0.717) is 0 Å². The number of aliphatic hydroxyl groups is 10. The Morgan fingerprint density at radius 3 is 1.64 bits per heavy atom. The van der Waals surface area contributed by atoms with Crippen LogP contribution in [0.3, 0.4) is 0 Å². The molecule has 0 aromatic rings. The van der Waals surface area contributed by atoms with Crippen molar-refractivity contribution < 1.29 is 118 Å². The number of carboxylic acid groups (broad SMARTS) is 1. The van der Waals surface area contributed by atoms with E-state index in [0.717, 1.165) is 19.6 Å². The molecule has 0 bridgehead atoms. The molecule has 5 aliphatic rings. The molecule has 18 atom stereocenters. The van der Waals surface area contributed by atoms with E-state index < -0.39 is 179 Å². The summed E-state index contributed by atoms with van der Waals surface area (Å²) >= 11 is 0. The fourth-order valence-corrected chi connectivity index (χ4v) is 9.16. The molecule has 1 aliphatic carbocycles.